The summed E-state index contributed by atoms with van der Waals surface area (Å²) in [7, 11) is -3.39. The Morgan fingerprint density at radius 3 is 2.44 bits per heavy atom. The lowest BCUT2D eigenvalue weighted by molar-refractivity contribution is -0.132. The minimum Gasteiger partial charge on any atom is -0.344 e. The van der Waals surface area contributed by atoms with Crippen LogP contribution in [-0.2, 0) is 27.0 Å². The number of hydrogen-bond acceptors (Lipinski definition) is 5. The number of rotatable bonds is 6. The summed E-state index contributed by atoms with van der Waals surface area (Å²) in [6.07, 6.45) is 0.748. The Labute approximate surface area is 163 Å². The smallest absolute Gasteiger partial charge is 0.229 e. The highest BCUT2D eigenvalue weighted by Crippen LogP contribution is 2.21. The van der Waals surface area contributed by atoms with Gasteiger partial charge in [0.05, 0.1) is 11.4 Å². The minimum absolute atomic E-state index is 0.0208. The second kappa shape index (κ2) is 8.41. The third kappa shape index (κ3) is 4.88. The van der Waals surface area contributed by atoms with E-state index in [1.165, 1.54) is 4.31 Å². The minimum atomic E-state index is -3.39. The summed E-state index contributed by atoms with van der Waals surface area (Å²) in [5, 5.41) is 3.99. The Kier molecular flexibility index (Phi) is 6.18. The van der Waals surface area contributed by atoms with Crippen molar-refractivity contribution in [2.75, 3.05) is 26.2 Å². The van der Waals surface area contributed by atoms with E-state index < -0.39 is 10.0 Å². The molecule has 2 aromatic rings. The van der Waals surface area contributed by atoms with Crippen LogP contribution in [0.4, 0.5) is 0 Å². The van der Waals surface area contributed by atoms with Crippen molar-refractivity contribution in [3.63, 3.8) is 0 Å². The summed E-state index contributed by atoms with van der Waals surface area (Å²) in [6, 6.07) is 9.11. The first-order valence-corrected chi connectivity index (χ1v) is 10.8. The maximum Gasteiger partial charge on any atom is 0.229 e. The Morgan fingerprint density at radius 2 is 1.85 bits per heavy atom. The van der Waals surface area contributed by atoms with E-state index in [9.17, 15) is 13.2 Å². The molecule has 1 amide bonds. The molecule has 146 valence electrons. The number of carbonyl (C=O) groups excluding carboxylic acids is 1. The van der Waals surface area contributed by atoms with Crippen LogP contribution in [0.25, 0.3) is 0 Å². The van der Waals surface area contributed by atoms with Crippen molar-refractivity contribution in [2.24, 2.45) is 0 Å². The molecule has 0 radical (unpaired) electrons. The number of benzene rings is 1. The number of carbonyl (C=O) groups is 1. The second-order valence-corrected chi connectivity index (χ2v) is 8.85. The Morgan fingerprint density at radius 1 is 1.19 bits per heavy atom. The highest BCUT2D eigenvalue weighted by molar-refractivity contribution is 7.88. The average molecular weight is 412 g/mol. The van der Waals surface area contributed by atoms with Gasteiger partial charge in [-0.05, 0) is 30.5 Å². The van der Waals surface area contributed by atoms with Crippen molar-refractivity contribution in [1.82, 2.24) is 14.4 Å². The predicted octanol–water partition coefficient (Wildman–Crippen LogP) is 2.24. The third-order valence-electron chi connectivity index (χ3n) is 4.70. The summed E-state index contributed by atoms with van der Waals surface area (Å²) in [5.41, 5.74) is 2.19. The van der Waals surface area contributed by atoms with Gasteiger partial charge in [0.25, 0.3) is 0 Å². The van der Waals surface area contributed by atoms with Gasteiger partial charge in [0.15, 0.2) is 0 Å². The van der Waals surface area contributed by atoms with E-state index in [0.29, 0.717) is 44.7 Å². The largest absolute Gasteiger partial charge is 0.344 e. The van der Waals surface area contributed by atoms with Crippen molar-refractivity contribution in [2.45, 2.75) is 25.5 Å². The molecule has 0 N–H and O–H groups in total. The average Bonchev–Trinajstić information content (AvgIpc) is 2.98. The van der Waals surface area contributed by atoms with Crippen molar-refractivity contribution >= 4 is 27.5 Å². The molecule has 7 nitrogen and oxygen atoms in total. The fourth-order valence-corrected chi connectivity index (χ4v) is 4.90. The van der Waals surface area contributed by atoms with Crippen LogP contribution < -0.4 is 0 Å². The molecule has 0 spiro atoms. The molecule has 1 aromatic heterocycles. The topological polar surface area (TPSA) is 83.7 Å². The monoisotopic (exact) mass is 411 g/mol. The summed E-state index contributed by atoms with van der Waals surface area (Å²) < 4.78 is 31.5. The molecule has 1 saturated heterocycles. The molecule has 3 rings (SSSR count). The van der Waals surface area contributed by atoms with Crippen LogP contribution in [0.3, 0.4) is 0 Å². The van der Waals surface area contributed by atoms with Crippen molar-refractivity contribution in [3.05, 3.63) is 52.4 Å². The molecule has 1 aliphatic rings. The van der Waals surface area contributed by atoms with E-state index in [2.05, 4.69) is 5.16 Å². The SMILES string of the molecule is Cc1noc(Cl)c1CCC(=O)N1CCN(S(=O)(=O)Cc2ccccc2)CC1. The Balaban J connectivity index is 1.51. The molecular formula is C18H22ClN3O4S. The fraction of sp³-hybridized carbons (Fsp3) is 0.444. The first kappa shape index (κ1) is 19.9. The maximum atomic E-state index is 12.6. The van der Waals surface area contributed by atoms with E-state index in [4.69, 9.17) is 16.1 Å². The molecule has 2 heterocycles. The molecule has 1 fully saturated rings. The zero-order valence-corrected chi connectivity index (χ0v) is 16.7. The molecule has 9 heteroatoms. The van der Waals surface area contributed by atoms with Crippen LogP contribution in [-0.4, -0.2) is 54.9 Å². The Bertz CT molecular complexity index is 871. The van der Waals surface area contributed by atoms with Crippen LogP contribution in [0, 0.1) is 6.92 Å². The van der Waals surface area contributed by atoms with E-state index in [1.54, 1.807) is 24.0 Å². The van der Waals surface area contributed by atoms with Crippen LogP contribution in [0.5, 0.6) is 0 Å². The van der Waals surface area contributed by atoms with E-state index in [0.717, 1.165) is 11.1 Å². The quantitative estimate of drug-likeness (QED) is 0.727. The highest BCUT2D eigenvalue weighted by Gasteiger charge is 2.29. The lowest BCUT2D eigenvalue weighted by Crippen LogP contribution is -2.50. The van der Waals surface area contributed by atoms with Crippen LogP contribution in [0.1, 0.15) is 23.2 Å². The lowest BCUT2D eigenvalue weighted by atomic mass is 10.1. The maximum absolute atomic E-state index is 12.6. The van der Waals surface area contributed by atoms with Gasteiger partial charge >= 0.3 is 0 Å². The molecule has 0 saturated carbocycles. The van der Waals surface area contributed by atoms with Crippen LogP contribution >= 0.6 is 11.6 Å². The van der Waals surface area contributed by atoms with Crippen LogP contribution in [0.15, 0.2) is 34.9 Å². The van der Waals surface area contributed by atoms with Gasteiger partial charge in [-0.2, -0.15) is 4.31 Å². The summed E-state index contributed by atoms with van der Waals surface area (Å²) >= 11 is 5.92. The van der Waals surface area contributed by atoms with E-state index in [1.807, 2.05) is 18.2 Å². The number of sulfonamides is 1. The standard InChI is InChI=1S/C18H22ClN3O4S/c1-14-16(18(19)26-20-14)7-8-17(23)21-9-11-22(12-10-21)27(24,25)13-15-5-3-2-4-6-15/h2-6H,7-13H2,1H3. The number of aryl methyl sites for hydroxylation is 1. The number of halogens is 1. The van der Waals surface area contributed by atoms with Crippen molar-refractivity contribution in [1.29, 1.82) is 0 Å². The number of nitrogens with zero attached hydrogens (tertiary/aromatic N) is 3. The number of amides is 1. The summed E-state index contributed by atoms with van der Waals surface area (Å²) in [4.78, 5) is 14.1. The molecular weight excluding hydrogens is 390 g/mol. The van der Waals surface area contributed by atoms with E-state index >= 15 is 0 Å². The van der Waals surface area contributed by atoms with Gasteiger partial charge in [-0.1, -0.05) is 35.5 Å². The molecule has 1 aromatic carbocycles. The van der Waals surface area contributed by atoms with Crippen molar-refractivity contribution < 1.29 is 17.7 Å². The normalized spacial score (nSPS) is 15.9. The third-order valence-corrected chi connectivity index (χ3v) is 6.85. The van der Waals surface area contributed by atoms with Gasteiger partial charge in [0.2, 0.25) is 21.1 Å². The highest BCUT2D eigenvalue weighted by atomic mass is 35.5. The first-order chi connectivity index (χ1) is 12.9. The molecule has 0 bridgehead atoms. The van der Waals surface area contributed by atoms with Gasteiger partial charge in [-0.3, -0.25) is 4.79 Å². The molecule has 0 atom stereocenters. The summed E-state index contributed by atoms with van der Waals surface area (Å²) in [6.45, 7) is 3.19. The van der Waals surface area contributed by atoms with Crippen LogP contribution in [0.2, 0.25) is 5.22 Å². The summed E-state index contributed by atoms with van der Waals surface area (Å²) in [5.74, 6) is -0.0423. The number of piperazine rings is 1. The molecule has 0 unspecified atom stereocenters. The van der Waals surface area contributed by atoms with Gasteiger partial charge in [0, 0.05) is 38.2 Å². The lowest BCUT2D eigenvalue weighted by Gasteiger charge is -2.34. The molecule has 27 heavy (non-hydrogen) atoms. The first-order valence-electron chi connectivity index (χ1n) is 8.77. The van der Waals surface area contributed by atoms with Crippen molar-refractivity contribution in [3.8, 4) is 0 Å². The van der Waals surface area contributed by atoms with Gasteiger partial charge in [-0.15, -0.1) is 0 Å². The zero-order chi connectivity index (χ0) is 19.4. The zero-order valence-electron chi connectivity index (χ0n) is 15.1. The fourth-order valence-electron chi connectivity index (χ4n) is 3.12. The predicted molar refractivity (Wildman–Crippen MR) is 102 cm³/mol. The van der Waals surface area contributed by atoms with Gasteiger partial charge in [-0.25, -0.2) is 8.42 Å². The number of hydrogen-bond donors (Lipinski definition) is 0. The van der Waals surface area contributed by atoms with Gasteiger partial charge in [0.1, 0.15) is 0 Å². The molecule has 1 aliphatic heterocycles. The van der Waals surface area contributed by atoms with E-state index in [-0.39, 0.29) is 16.9 Å². The number of aromatic nitrogens is 1. The molecule has 0 aliphatic carbocycles. The Hall–Kier alpha value is -1.90. The second-order valence-electron chi connectivity index (χ2n) is 6.54. The van der Waals surface area contributed by atoms with Gasteiger partial charge < -0.3 is 9.42 Å².